The van der Waals surface area contributed by atoms with Crippen LogP contribution in [0.1, 0.15) is 181 Å². The molecule has 2 nitrogen and oxygen atoms in total. The molecule has 0 aromatic rings. The summed E-state index contributed by atoms with van der Waals surface area (Å²) in [6.45, 7) is 5.18. The minimum Gasteiger partial charge on any atom is -0.466 e. The van der Waals surface area contributed by atoms with Crippen LogP contribution < -0.4 is 0 Å². The summed E-state index contributed by atoms with van der Waals surface area (Å²) >= 11 is 0. The Morgan fingerprint density at radius 2 is 0.824 bits per heavy atom. The molecule has 0 N–H and O–H groups in total. The first kappa shape index (κ1) is 33.2. The van der Waals surface area contributed by atoms with Gasteiger partial charge in [0.2, 0.25) is 0 Å². The zero-order chi connectivity index (χ0) is 24.8. The Balaban J connectivity index is 3.18. The van der Waals surface area contributed by atoms with Gasteiger partial charge in [-0.3, -0.25) is 4.79 Å². The summed E-state index contributed by atoms with van der Waals surface area (Å²) in [5.41, 5.74) is 0. The van der Waals surface area contributed by atoms with Crippen LogP contribution >= 0.6 is 0 Å². The lowest BCUT2D eigenvalue weighted by molar-refractivity contribution is -0.143. The standard InChI is InChI=1S/C32H62O2/c1-3-5-7-9-11-13-15-17-19-21-23-25-27-29-31-34-32(33)30-28-26-24-22-20-18-16-14-12-10-8-6-4-2/h14,16H,3-13,15,17-31H2,1-2H3/b16-14-. The van der Waals surface area contributed by atoms with Crippen LogP contribution in [0.25, 0.3) is 0 Å². The summed E-state index contributed by atoms with van der Waals surface area (Å²) in [5.74, 6) is 0.0145. The Kier molecular flexibility index (Phi) is 29.5. The average molecular weight is 479 g/mol. The highest BCUT2D eigenvalue weighted by Crippen LogP contribution is 2.13. The Morgan fingerprint density at radius 3 is 1.29 bits per heavy atom. The molecule has 0 aliphatic carbocycles. The number of allylic oxidation sites excluding steroid dienone is 2. The predicted molar refractivity (Wildman–Crippen MR) is 151 cm³/mol. The van der Waals surface area contributed by atoms with Gasteiger partial charge in [0.25, 0.3) is 0 Å². The molecule has 202 valence electrons. The molecule has 0 amide bonds. The van der Waals surface area contributed by atoms with Crippen molar-refractivity contribution in [1.29, 1.82) is 0 Å². The lowest BCUT2D eigenvalue weighted by Gasteiger charge is -2.05. The summed E-state index contributed by atoms with van der Waals surface area (Å²) in [7, 11) is 0. The van der Waals surface area contributed by atoms with E-state index in [0.29, 0.717) is 13.0 Å². The second kappa shape index (κ2) is 30.2. The van der Waals surface area contributed by atoms with E-state index in [2.05, 4.69) is 26.0 Å². The minimum atomic E-state index is 0.0145. The Morgan fingerprint density at radius 1 is 0.471 bits per heavy atom. The van der Waals surface area contributed by atoms with E-state index in [4.69, 9.17) is 4.74 Å². The highest BCUT2D eigenvalue weighted by atomic mass is 16.5. The molecular weight excluding hydrogens is 416 g/mol. The summed E-state index contributed by atoms with van der Waals surface area (Å²) in [5, 5.41) is 0. The molecule has 0 radical (unpaired) electrons. The van der Waals surface area contributed by atoms with E-state index in [-0.39, 0.29) is 5.97 Å². The molecule has 0 saturated heterocycles. The van der Waals surface area contributed by atoms with Gasteiger partial charge in [-0.25, -0.2) is 0 Å². The SMILES string of the molecule is CCCCCC/C=C\CCCCCCCC(=O)OCCCCCCCCCCCCCCCC. The molecule has 0 heterocycles. The van der Waals surface area contributed by atoms with Gasteiger partial charge in [0, 0.05) is 6.42 Å². The monoisotopic (exact) mass is 478 g/mol. The average Bonchev–Trinajstić information content (AvgIpc) is 2.84. The molecule has 0 bridgehead atoms. The molecule has 0 aromatic heterocycles. The van der Waals surface area contributed by atoms with Crippen molar-refractivity contribution in [3.63, 3.8) is 0 Å². The first-order valence-corrected chi connectivity index (χ1v) is 15.6. The van der Waals surface area contributed by atoms with Crippen molar-refractivity contribution in [3.8, 4) is 0 Å². The first-order chi connectivity index (χ1) is 16.8. The number of ether oxygens (including phenoxy) is 1. The van der Waals surface area contributed by atoms with Crippen molar-refractivity contribution in [2.45, 2.75) is 181 Å². The van der Waals surface area contributed by atoms with Crippen molar-refractivity contribution in [1.82, 2.24) is 0 Å². The molecule has 2 heteroatoms. The maximum Gasteiger partial charge on any atom is 0.305 e. The molecule has 0 aliphatic rings. The van der Waals surface area contributed by atoms with Gasteiger partial charge in [-0.1, -0.05) is 148 Å². The quantitative estimate of drug-likeness (QED) is 0.0634. The van der Waals surface area contributed by atoms with Gasteiger partial charge >= 0.3 is 5.97 Å². The first-order valence-electron chi connectivity index (χ1n) is 15.6. The number of unbranched alkanes of at least 4 members (excludes halogenated alkanes) is 22. The minimum absolute atomic E-state index is 0.0145. The molecule has 0 atom stereocenters. The lowest BCUT2D eigenvalue weighted by Crippen LogP contribution is -2.05. The molecular formula is C32H62O2. The molecule has 0 unspecified atom stereocenters. The fraction of sp³-hybridized carbons (Fsp3) is 0.906. The number of carbonyl (C=O) groups is 1. The van der Waals surface area contributed by atoms with E-state index in [1.165, 1.54) is 141 Å². The largest absolute Gasteiger partial charge is 0.466 e. The van der Waals surface area contributed by atoms with Gasteiger partial charge in [0.1, 0.15) is 0 Å². The van der Waals surface area contributed by atoms with Crippen LogP contribution in [0.5, 0.6) is 0 Å². The molecule has 0 spiro atoms. The summed E-state index contributed by atoms with van der Waals surface area (Å²) < 4.78 is 5.41. The third-order valence-corrected chi connectivity index (χ3v) is 6.90. The van der Waals surface area contributed by atoms with Crippen LogP contribution in [0.2, 0.25) is 0 Å². The number of hydrogen-bond donors (Lipinski definition) is 0. The van der Waals surface area contributed by atoms with Gasteiger partial charge in [-0.2, -0.15) is 0 Å². The fourth-order valence-corrected chi connectivity index (χ4v) is 4.54. The van der Waals surface area contributed by atoms with Crippen molar-refractivity contribution in [2.75, 3.05) is 6.61 Å². The van der Waals surface area contributed by atoms with Crippen molar-refractivity contribution in [2.24, 2.45) is 0 Å². The molecule has 0 saturated carbocycles. The second-order valence-electron chi connectivity index (χ2n) is 10.4. The molecule has 0 rings (SSSR count). The maximum absolute atomic E-state index is 11.8. The van der Waals surface area contributed by atoms with E-state index in [0.717, 1.165) is 19.3 Å². The Labute approximate surface area is 215 Å². The number of carbonyl (C=O) groups excluding carboxylic acids is 1. The molecule has 0 fully saturated rings. The summed E-state index contributed by atoms with van der Waals surface area (Å²) in [6, 6.07) is 0. The van der Waals surface area contributed by atoms with Crippen molar-refractivity contribution >= 4 is 5.97 Å². The molecule has 0 aromatic carbocycles. The van der Waals surface area contributed by atoms with E-state index < -0.39 is 0 Å². The Bertz CT molecular complexity index is 415. The topological polar surface area (TPSA) is 26.3 Å². The van der Waals surface area contributed by atoms with Crippen LogP contribution in [0.15, 0.2) is 12.2 Å². The number of hydrogen-bond acceptors (Lipinski definition) is 2. The van der Waals surface area contributed by atoms with E-state index in [1.807, 2.05) is 0 Å². The number of rotatable bonds is 28. The second-order valence-corrected chi connectivity index (χ2v) is 10.4. The zero-order valence-electron chi connectivity index (χ0n) is 23.6. The summed E-state index contributed by atoms with van der Waals surface area (Å²) in [4.78, 5) is 11.8. The molecule has 0 aliphatic heterocycles. The van der Waals surface area contributed by atoms with Gasteiger partial charge in [-0.15, -0.1) is 0 Å². The third-order valence-electron chi connectivity index (χ3n) is 6.90. The highest BCUT2D eigenvalue weighted by molar-refractivity contribution is 5.69. The van der Waals surface area contributed by atoms with Crippen molar-refractivity contribution in [3.05, 3.63) is 12.2 Å². The lowest BCUT2D eigenvalue weighted by atomic mass is 10.0. The molecule has 34 heavy (non-hydrogen) atoms. The van der Waals surface area contributed by atoms with Crippen LogP contribution in [0, 0.1) is 0 Å². The van der Waals surface area contributed by atoms with E-state index in [9.17, 15) is 4.79 Å². The predicted octanol–water partition coefficient (Wildman–Crippen LogP) is 11.3. The van der Waals surface area contributed by atoms with Gasteiger partial charge in [0.05, 0.1) is 6.61 Å². The van der Waals surface area contributed by atoms with Crippen LogP contribution in [0.3, 0.4) is 0 Å². The van der Waals surface area contributed by atoms with Crippen LogP contribution in [-0.4, -0.2) is 12.6 Å². The normalized spacial score (nSPS) is 11.5. The number of esters is 1. The smallest absolute Gasteiger partial charge is 0.305 e. The maximum atomic E-state index is 11.8. The Hall–Kier alpha value is -0.790. The fourth-order valence-electron chi connectivity index (χ4n) is 4.54. The van der Waals surface area contributed by atoms with Gasteiger partial charge in [-0.05, 0) is 38.5 Å². The van der Waals surface area contributed by atoms with Crippen LogP contribution in [-0.2, 0) is 9.53 Å². The van der Waals surface area contributed by atoms with Gasteiger partial charge < -0.3 is 4.74 Å². The summed E-state index contributed by atoms with van der Waals surface area (Å²) in [6.07, 6.45) is 38.2. The van der Waals surface area contributed by atoms with Gasteiger partial charge in [0.15, 0.2) is 0 Å². The van der Waals surface area contributed by atoms with E-state index in [1.54, 1.807) is 0 Å². The highest BCUT2D eigenvalue weighted by Gasteiger charge is 2.02. The third kappa shape index (κ3) is 29.2. The van der Waals surface area contributed by atoms with Crippen molar-refractivity contribution < 1.29 is 9.53 Å². The zero-order valence-corrected chi connectivity index (χ0v) is 23.6. The van der Waals surface area contributed by atoms with Crippen LogP contribution in [0.4, 0.5) is 0 Å². The van der Waals surface area contributed by atoms with E-state index >= 15 is 0 Å².